The van der Waals surface area contributed by atoms with E-state index in [-0.39, 0.29) is 0 Å². The van der Waals surface area contributed by atoms with Gasteiger partial charge in [-0.2, -0.15) is 0 Å². The molecule has 3 heteroatoms. The van der Waals surface area contributed by atoms with Gasteiger partial charge in [0.2, 0.25) is 0 Å². The van der Waals surface area contributed by atoms with Gasteiger partial charge in [0.25, 0.3) is 0 Å². The molecule has 8 rings (SSSR count). The predicted octanol–water partition coefficient (Wildman–Crippen LogP) is 11.2. The first-order chi connectivity index (χ1) is 22.3. The Bertz CT molecular complexity index is 2130. The van der Waals surface area contributed by atoms with Crippen LogP contribution in [-0.4, -0.2) is 9.97 Å². The Morgan fingerprint density at radius 1 is 0.333 bits per heavy atom. The second-order valence-corrected chi connectivity index (χ2v) is 11.1. The third kappa shape index (κ3) is 5.32. The zero-order chi connectivity index (χ0) is 30.0. The topological polar surface area (TPSA) is 35.0 Å². The van der Waals surface area contributed by atoms with E-state index in [0.717, 1.165) is 77.8 Å². The number of hydrogen-bond acceptors (Lipinski definition) is 3. The van der Waals surface area contributed by atoms with E-state index in [4.69, 9.17) is 14.7 Å². The zero-order valence-electron chi connectivity index (χ0n) is 24.5. The second kappa shape index (κ2) is 11.6. The summed E-state index contributed by atoms with van der Waals surface area (Å²) >= 11 is 0. The van der Waals surface area contributed by atoms with Gasteiger partial charge in [-0.25, -0.2) is 0 Å². The number of aromatic nitrogens is 2. The molecular formula is C42H28N2O. The average Bonchev–Trinajstić information content (AvgIpc) is 3.12. The van der Waals surface area contributed by atoms with Crippen molar-refractivity contribution in [3.63, 3.8) is 0 Å². The molecule has 0 aliphatic heterocycles. The van der Waals surface area contributed by atoms with Crippen LogP contribution in [0, 0.1) is 0 Å². The van der Waals surface area contributed by atoms with E-state index in [1.165, 1.54) is 0 Å². The first-order valence-corrected chi connectivity index (χ1v) is 15.1. The highest BCUT2D eigenvalue weighted by atomic mass is 16.5. The predicted molar refractivity (Wildman–Crippen MR) is 185 cm³/mol. The Kier molecular flexibility index (Phi) is 6.82. The van der Waals surface area contributed by atoms with Crippen molar-refractivity contribution in [2.24, 2.45) is 0 Å². The first kappa shape index (κ1) is 26.6. The Balaban J connectivity index is 1.25. The Labute approximate surface area is 262 Å². The van der Waals surface area contributed by atoms with Crippen LogP contribution in [0.2, 0.25) is 0 Å². The van der Waals surface area contributed by atoms with E-state index in [1.54, 1.807) is 0 Å². The Morgan fingerprint density at radius 2 is 0.756 bits per heavy atom. The maximum Gasteiger partial charge on any atom is 0.135 e. The summed E-state index contributed by atoms with van der Waals surface area (Å²) in [4.78, 5) is 9.53. The molecule has 0 spiro atoms. The molecule has 45 heavy (non-hydrogen) atoms. The average molecular weight is 577 g/mol. The van der Waals surface area contributed by atoms with Crippen LogP contribution in [0.15, 0.2) is 170 Å². The van der Waals surface area contributed by atoms with Crippen molar-refractivity contribution in [3.8, 4) is 56.3 Å². The van der Waals surface area contributed by atoms with E-state index >= 15 is 0 Å². The van der Waals surface area contributed by atoms with Gasteiger partial charge in [-0.15, -0.1) is 0 Å². The Morgan fingerprint density at radius 3 is 1.22 bits per heavy atom. The minimum Gasteiger partial charge on any atom is -0.456 e. The second-order valence-electron chi connectivity index (χ2n) is 11.1. The molecule has 0 amide bonds. The fourth-order valence-corrected chi connectivity index (χ4v) is 5.93. The zero-order valence-corrected chi connectivity index (χ0v) is 24.5. The fourth-order valence-electron chi connectivity index (χ4n) is 5.93. The number of hydrogen-bond donors (Lipinski definition) is 0. The molecular weight excluding hydrogens is 548 g/mol. The van der Waals surface area contributed by atoms with Crippen LogP contribution in [0.25, 0.3) is 66.3 Å². The van der Waals surface area contributed by atoms with Gasteiger partial charge in [-0.05, 0) is 81.6 Å². The van der Waals surface area contributed by atoms with Crippen molar-refractivity contribution >= 4 is 21.5 Å². The van der Waals surface area contributed by atoms with E-state index < -0.39 is 0 Å². The summed E-state index contributed by atoms with van der Waals surface area (Å²) in [6.07, 6.45) is 3.75. The monoisotopic (exact) mass is 576 g/mol. The summed E-state index contributed by atoms with van der Waals surface area (Å²) in [6.45, 7) is 0. The van der Waals surface area contributed by atoms with Crippen molar-refractivity contribution < 1.29 is 4.74 Å². The lowest BCUT2D eigenvalue weighted by Gasteiger charge is -2.15. The van der Waals surface area contributed by atoms with E-state index in [9.17, 15) is 0 Å². The number of nitrogens with zero attached hydrogens (tertiary/aromatic N) is 2. The minimum atomic E-state index is 0.781. The van der Waals surface area contributed by atoms with Crippen LogP contribution in [0.5, 0.6) is 11.5 Å². The lowest BCUT2D eigenvalue weighted by molar-refractivity contribution is 0.494. The van der Waals surface area contributed by atoms with E-state index in [1.807, 2.05) is 24.5 Å². The van der Waals surface area contributed by atoms with Crippen LogP contribution >= 0.6 is 0 Å². The van der Waals surface area contributed by atoms with Crippen LogP contribution in [0.1, 0.15) is 0 Å². The molecule has 0 aliphatic carbocycles. The molecule has 2 heterocycles. The molecule has 0 atom stereocenters. The van der Waals surface area contributed by atoms with E-state index in [0.29, 0.717) is 0 Å². The van der Waals surface area contributed by atoms with Gasteiger partial charge in [0.1, 0.15) is 11.5 Å². The molecule has 212 valence electrons. The molecule has 0 radical (unpaired) electrons. The molecule has 0 unspecified atom stereocenters. The van der Waals surface area contributed by atoms with E-state index in [2.05, 4.69) is 146 Å². The molecule has 0 bridgehead atoms. The lowest BCUT2D eigenvalue weighted by atomic mass is 10.00. The largest absolute Gasteiger partial charge is 0.456 e. The minimum absolute atomic E-state index is 0.781. The highest BCUT2D eigenvalue weighted by molar-refractivity contribution is 5.96. The first-order valence-electron chi connectivity index (χ1n) is 15.1. The number of fused-ring (bicyclic) bond motifs is 2. The number of benzene rings is 6. The molecule has 0 saturated heterocycles. The molecule has 2 aromatic heterocycles. The van der Waals surface area contributed by atoms with Gasteiger partial charge < -0.3 is 4.74 Å². The summed E-state index contributed by atoms with van der Waals surface area (Å²) < 4.78 is 6.90. The maximum absolute atomic E-state index is 6.90. The van der Waals surface area contributed by atoms with Crippen molar-refractivity contribution in [2.45, 2.75) is 0 Å². The van der Waals surface area contributed by atoms with Crippen LogP contribution in [0.3, 0.4) is 0 Å². The van der Waals surface area contributed by atoms with Gasteiger partial charge in [0.15, 0.2) is 0 Å². The van der Waals surface area contributed by atoms with Crippen molar-refractivity contribution in [1.29, 1.82) is 0 Å². The summed E-state index contributed by atoms with van der Waals surface area (Å²) in [5, 5.41) is 4.27. The van der Waals surface area contributed by atoms with Crippen LogP contribution in [-0.2, 0) is 0 Å². The van der Waals surface area contributed by atoms with Gasteiger partial charge >= 0.3 is 0 Å². The van der Waals surface area contributed by atoms with Crippen molar-refractivity contribution in [1.82, 2.24) is 9.97 Å². The normalized spacial score (nSPS) is 11.1. The smallest absolute Gasteiger partial charge is 0.135 e. The molecule has 0 fully saturated rings. The summed E-state index contributed by atoms with van der Waals surface area (Å²) in [7, 11) is 0. The quantitative estimate of drug-likeness (QED) is 0.197. The van der Waals surface area contributed by atoms with Crippen molar-refractivity contribution in [2.75, 3.05) is 0 Å². The van der Waals surface area contributed by atoms with Crippen molar-refractivity contribution in [3.05, 3.63) is 170 Å². The number of pyridine rings is 2. The molecule has 0 aliphatic rings. The third-order valence-corrected chi connectivity index (χ3v) is 8.19. The molecule has 3 nitrogen and oxygen atoms in total. The number of rotatable bonds is 6. The highest BCUT2D eigenvalue weighted by Crippen LogP contribution is 2.40. The van der Waals surface area contributed by atoms with Gasteiger partial charge in [0.05, 0.1) is 11.4 Å². The lowest BCUT2D eigenvalue weighted by Crippen LogP contribution is -1.93. The van der Waals surface area contributed by atoms with Gasteiger partial charge in [-0.3, -0.25) is 9.97 Å². The van der Waals surface area contributed by atoms with Crippen LogP contribution < -0.4 is 4.74 Å². The summed E-state index contributed by atoms with van der Waals surface area (Å²) in [5.41, 5.74) is 8.36. The third-order valence-electron chi connectivity index (χ3n) is 8.19. The van der Waals surface area contributed by atoms with Crippen LogP contribution in [0.4, 0.5) is 0 Å². The molecule has 8 aromatic rings. The SMILES string of the molecule is c1ccc(-c2ccnc(-c3cc(Oc4cc(-c5cc(-c6ccccc6)ccn5)cc5ccccc45)c4ccccc4c3)c2)cc1. The maximum atomic E-state index is 6.90. The van der Waals surface area contributed by atoms with Gasteiger partial charge in [-0.1, -0.05) is 109 Å². The van der Waals surface area contributed by atoms with Gasteiger partial charge in [0, 0.05) is 34.3 Å². The highest BCUT2D eigenvalue weighted by Gasteiger charge is 2.14. The molecule has 0 saturated carbocycles. The summed E-state index contributed by atoms with van der Waals surface area (Å²) in [6, 6.07) is 54.5. The summed E-state index contributed by atoms with van der Waals surface area (Å²) in [5.74, 6) is 1.56. The molecule has 0 N–H and O–H groups in total. The standard InChI is InChI=1S/C42H28N2O/c1-3-11-29(12-4-1)31-19-21-43-39(25-31)35-23-33-15-7-9-17-37(33)41(27-35)45-42-28-36(24-34-16-8-10-18-38(34)42)40-26-32(20-22-44-40)30-13-5-2-6-14-30/h1-28H. The number of ether oxygens (including phenoxy) is 1. The fraction of sp³-hybridized carbons (Fsp3) is 0. The molecule has 6 aromatic carbocycles. The Hall–Kier alpha value is -6.06.